The summed E-state index contributed by atoms with van der Waals surface area (Å²) < 4.78 is 15.9. The molecule has 0 radical (unpaired) electrons. The van der Waals surface area contributed by atoms with Crippen LogP contribution in [0.5, 0.6) is 11.5 Å². The number of rotatable bonds is 5. The lowest BCUT2D eigenvalue weighted by atomic mass is 9.69. The van der Waals surface area contributed by atoms with Crippen LogP contribution in [0.15, 0.2) is 40.7 Å². The molecule has 0 bridgehead atoms. The molecule has 1 heterocycles. The SMILES string of the molecule is COC(=O)[C@@H]1C(=O)C2=C(C[C@@H]1C)NC(C)=C(C(=O)OC1CCCC1)[C@@H]2c1ccc(OC)c(O)c1. The molecule has 1 aromatic rings. The first-order valence-corrected chi connectivity index (χ1v) is 11.7. The molecule has 182 valence electrons. The van der Waals surface area contributed by atoms with Crippen LogP contribution < -0.4 is 10.1 Å². The maximum absolute atomic E-state index is 13.7. The first-order chi connectivity index (χ1) is 16.3. The number of benzene rings is 1. The van der Waals surface area contributed by atoms with Crippen molar-refractivity contribution >= 4 is 17.7 Å². The number of ether oxygens (including phenoxy) is 3. The quantitative estimate of drug-likeness (QED) is 0.498. The van der Waals surface area contributed by atoms with Crippen molar-refractivity contribution in [2.24, 2.45) is 11.8 Å². The maximum atomic E-state index is 13.7. The molecule has 0 spiro atoms. The van der Waals surface area contributed by atoms with Gasteiger partial charge in [-0.2, -0.15) is 0 Å². The van der Waals surface area contributed by atoms with Crippen LogP contribution in [-0.4, -0.2) is 43.2 Å². The smallest absolute Gasteiger partial charge is 0.337 e. The highest BCUT2D eigenvalue weighted by atomic mass is 16.5. The average Bonchev–Trinajstić information content (AvgIpc) is 3.30. The normalized spacial score (nSPS) is 25.1. The van der Waals surface area contributed by atoms with Gasteiger partial charge in [-0.3, -0.25) is 9.59 Å². The summed E-state index contributed by atoms with van der Waals surface area (Å²) in [5.41, 5.74) is 2.45. The minimum absolute atomic E-state index is 0.108. The van der Waals surface area contributed by atoms with Gasteiger partial charge >= 0.3 is 11.9 Å². The van der Waals surface area contributed by atoms with E-state index in [4.69, 9.17) is 14.2 Å². The fourth-order valence-electron chi connectivity index (χ4n) is 5.39. The van der Waals surface area contributed by atoms with Crippen LogP contribution in [0, 0.1) is 11.8 Å². The van der Waals surface area contributed by atoms with Crippen LogP contribution in [0.4, 0.5) is 0 Å². The highest BCUT2D eigenvalue weighted by Crippen LogP contribution is 2.47. The van der Waals surface area contributed by atoms with E-state index in [0.29, 0.717) is 34.5 Å². The predicted octanol–water partition coefficient (Wildman–Crippen LogP) is 3.50. The van der Waals surface area contributed by atoms with Crippen LogP contribution in [0.1, 0.15) is 57.4 Å². The van der Waals surface area contributed by atoms with Gasteiger partial charge in [0.15, 0.2) is 17.3 Å². The summed E-state index contributed by atoms with van der Waals surface area (Å²) in [5, 5.41) is 13.7. The van der Waals surface area contributed by atoms with E-state index >= 15 is 0 Å². The van der Waals surface area contributed by atoms with Crippen LogP contribution in [-0.2, 0) is 23.9 Å². The number of Topliss-reactive ketones (excluding diaryl/α,β-unsaturated/α-hetero) is 1. The number of allylic oxidation sites excluding steroid dienone is 3. The van der Waals surface area contributed by atoms with Gasteiger partial charge < -0.3 is 24.6 Å². The molecule has 0 amide bonds. The minimum atomic E-state index is -0.967. The molecule has 3 aliphatic rings. The van der Waals surface area contributed by atoms with Gasteiger partial charge in [0.1, 0.15) is 12.0 Å². The molecule has 1 saturated carbocycles. The van der Waals surface area contributed by atoms with Crippen LogP contribution >= 0.6 is 0 Å². The lowest BCUT2D eigenvalue weighted by molar-refractivity contribution is -0.151. The number of nitrogens with one attached hydrogen (secondary N) is 1. The first-order valence-electron chi connectivity index (χ1n) is 11.7. The fourth-order valence-corrected chi connectivity index (χ4v) is 5.39. The Kier molecular flexibility index (Phi) is 6.68. The highest BCUT2D eigenvalue weighted by molar-refractivity contribution is 6.12. The summed E-state index contributed by atoms with van der Waals surface area (Å²) in [7, 11) is 2.71. The van der Waals surface area contributed by atoms with Gasteiger partial charge in [0.25, 0.3) is 0 Å². The molecule has 3 atom stereocenters. The minimum Gasteiger partial charge on any atom is -0.504 e. The molecule has 1 aliphatic heterocycles. The molecule has 8 nitrogen and oxygen atoms in total. The van der Waals surface area contributed by atoms with E-state index in [-0.39, 0.29) is 29.3 Å². The first kappa shape index (κ1) is 23.9. The Morgan fingerprint density at radius 1 is 1.15 bits per heavy atom. The lowest BCUT2D eigenvalue weighted by Gasteiger charge is -2.38. The van der Waals surface area contributed by atoms with Gasteiger partial charge in [-0.05, 0) is 62.6 Å². The molecule has 34 heavy (non-hydrogen) atoms. The van der Waals surface area contributed by atoms with Crippen molar-refractivity contribution < 1.29 is 33.7 Å². The average molecular weight is 470 g/mol. The van der Waals surface area contributed by atoms with E-state index in [1.807, 2.05) is 6.92 Å². The Labute approximate surface area is 199 Å². The molecular formula is C26H31NO7. The van der Waals surface area contributed by atoms with E-state index < -0.39 is 23.8 Å². The monoisotopic (exact) mass is 469 g/mol. The molecule has 1 fully saturated rings. The van der Waals surface area contributed by atoms with Crippen LogP contribution in [0.3, 0.4) is 0 Å². The summed E-state index contributed by atoms with van der Waals surface area (Å²) >= 11 is 0. The lowest BCUT2D eigenvalue weighted by Crippen LogP contribution is -2.43. The second-order valence-electron chi connectivity index (χ2n) is 9.28. The number of carbonyl (C=O) groups is 3. The zero-order chi connectivity index (χ0) is 24.6. The number of methoxy groups -OCH3 is 2. The predicted molar refractivity (Wildman–Crippen MR) is 123 cm³/mol. The van der Waals surface area contributed by atoms with Gasteiger partial charge in [-0.1, -0.05) is 13.0 Å². The number of carbonyl (C=O) groups excluding carboxylic acids is 3. The van der Waals surface area contributed by atoms with Gasteiger partial charge in [-0.15, -0.1) is 0 Å². The third-order valence-corrected chi connectivity index (χ3v) is 7.08. The van der Waals surface area contributed by atoms with Gasteiger partial charge in [0.05, 0.1) is 19.8 Å². The van der Waals surface area contributed by atoms with Crippen molar-refractivity contribution in [3.63, 3.8) is 0 Å². The van der Waals surface area contributed by atoms with Crippen LogP contribution in [0.25, 0.3) is 0 Å². The van der Waals surface area contributed by atoms with E-state index in [2.05, 4.69) is 5.32 Å². The van der Waals surface area contributed by atoms with Crippen molar-refractivity contribution in [1.82, 2.24) is 5.32 Å². The summed E-state index contributed by atoms with van der Waals surface area (Å²) in [6, 6.07) is 4.80. The number of esters is 2. The zero-order valence-corrected chi connectivity index (χ0v) is 20.0. The maximum Gasteiger partial charge on any atom is 0.337 e. The molecule has 0 unspecified atom stereocenters. The summed E-state index contributed by atoms with van der Waals surface area (Å²) in [5.74, 6) is -3.34. The topological polar surface area (TPSA) is 111 Å². The standard InChI is InChI=1S/C26H31NO7/c1-13-11-17-23(24(29)20(13)25(30)33-4)22(15-9-10-19(32-3)18(28)12-15)21(14(2)27-17)26(31)34-16-7-5-6-8-16/h9-10,12-13,16,20,22,27-28H,5-8,11H2,1-4H3/t13-,20-,22-/m0/s1. The third-order valence-electron chi connectivity index (χ3n) is 7.08. The van der Waals surface area contributed by atoms with Gasteiger partial charge in [0.2, 0.25) is 0 Å². The molecule has 8 heteroatoms. The van der Waals surface area contributed by atoms with E-state index in [0.717, 1.165) is 25.7 Å². The molecule has 2 aliphatic carbocycles. The van der Waals surface area contributed by atoms with Crippen LogP contribution in [0.2, 0.25) is 0 Å². The highest BCUT2D eigenvalue weighted by Gasteiger charge is 2.47. The van der Waals surface area contributed by atoms with Crippen molar-refractivity contribution in [3.8, 4) is 11.5 Å². The molecular weight excluding hydrogens is 438 g/mol. The number of phenols is 1. The second kappa shape index (κ2) is 9.52. The number of hydrogen-bond acceptors (Lipinski definition) is 8. The van der Waals surface area contributed by atoms with Crippen molar-refractivity contribution in [2.75, 3.05) is 14.2 Å². The zero-order valence-electron chi connectivity index (χ0n) is 20.0. The van der Waals surface area contributed by atoms with Gasteiger partial charge in [0, 0.05) is 22.9 Å². The third kappa shape index (κ3) is 4.17. The number of aromatic hydroxyl groups is 1. The van der Waals surface area contributed by atoms with Crippen molar-refractivity contribution in [2.45, 2.75) is 58.0 Å². The number of phenolic OH excluding ortho intramolecular Hbond substituents is 1. The Hall–Kier alpha value is -3.29. The largest absolute Gasteiger partial charge is 0.504 e. The Morgan fingerprint density at radius 2 is 1.85 bits per heavy atom. The van der Waals surface area contributed by atoms with E-state index in [9.17, 15) is 19.5 Å². The number of hydrogen-bond donors (Lipinski definition) is 2. The number of dihydropyridines is 1. The summed E-state index contributed by atoms with van der Waals surface area (Å²) in [4.78, 5) is 39.7. The molecule has 0 aromatic heterocycles. The van der Waals surface area contributed by atoms with Crippen molar-refractivity contribution in [1.29, 1.82) is 0 Å². The summed E-state index contributed by atoms with van der Waals surface area (Å²) in [6.45, 7) is 3.62. The Morgan fingerprint density at radius 3 is 2.47 bits per heavy atom. The molecule has 4 rings (SSSR count). The fraction of sp³-hybridized carbons (Fsp3) is 0.500. The van der Waals surface area contributed by atoms with Gasteiger partial charge in [-0.25, -0.2) is 4.79 Å². The Bertz CT molecular complexity index is 1080. The van der Waals surface area contributed by atoms with E-state index in [1.54, 1.807) is 19.1 Å². The number of ketones is 1. The van der Waals surface area contributed by atoms with Crippen molar-refractivity contribution in [3.05, 3.63) is 46.3 Å². The van der Waals surface area contributed by atoms with E-state index in [1.165, 1.54) is 20.3 Å². The Balaban J connectivity index is 1.83. The second-order valence-corrected chi connectivity index (χ2v) is 9.28. The molecule has 0 saturated heterocycles. The molecule has 2 N–H and O–H groups in total. The summed E-state index contributed by atoms with van der Waals surface area (Å²) in [6.07, 6.45) is 3.94. The molecule has 1 aromatic carbocycles.